The molecule has 0 aliphatic rings. The Hall–Kier alpha value is -0.830. The Kier molecular flexibility index (Phi) is 6.38. The summed E-state index contributed by atoms with van der Waals surface area (Å²) in [5, 5.41) is 11.5. The zero-order valence-electron chi connectivity index (χ0n) is 7.55. The summed E-state index contributed by atoms with van der Waals surface area (Å²) in [7, 11) is 0. The molecule has 0 spiro atoms. The summed E-state index contributed by atoms with van der Waals surface area (Å²) in [4.78, 5) is 10.1. The topological polar surface area (TPSA) is 49.3 Å². The molecular formula is C9H17NO2. The molecule has 3 nitrogen and oxygen atoms in total. The van der Waals surface area contributed by atoms with E-state index in [0.717, 1.165) is 12.8 Å². The van der Waals surface area contributed by atoms with Gasteiger partial charge in [-0.05, 0) is 19.8 Å². The molecule has 0 amide bonds. The number of carbonyl (C=O) groups is 1. The van der Waals surface area contributed by atoms with Gasteiger partial charge in [-0.15, -0.1) is 6.58 Å². The molecule has 70 valence electrons. The van der Waals surface area contributed by atoms with Gasteiger partial charge < -0.3 is 10.4 Å². The second-order valence-electron chi connectivity index (χ2n) is 2.86. The van der Waals surface area contributed by atoms with Crippen LogP contribution in [0.2, 0.25) is 0 Å². The smallest absolute Gasteiger partial charge is 0.304 e. The van der Waals surface area contributed by atoms with Gasteiger partial charge >= 0.3 is 5.97 Å². The fraction of sp³-hybridized carbons (Fsp3) is 0.667. The number of hydrogen-bond acceptors (Lipinski definition) is 2. The first-order valence-corrected chi connectivity index (χ1v) is 4.23. The first kappa shape index (κ1) is 11.2. The number of nitrogens with one attached hydrogen (secondary N) is 1. The molecule has 12 heavy (non-hydrogen) atoms. The van der Waals surface area contributed by atoms with Crippen LogP contribution in [0.15, 0.2) is 12.7 Å². The van der Waals surface area contributed by atoms with Crippen molar-refractivity contribution in [2.24, 2.45) is 0 Å². The number of carboxylic acids is 1. The maximum atomic E-state index is 10.1. The summed E-state index contributed by atoms with van der Waals surface area (Å²) in [6.45, 7) is 6.22. The molecule has 0 saturated heterocycles. The Labute approximate surface area is 73.5 Å². The highest BCUT2D eigenvalue weighted by Crippen LogP contribution is 1.96. The highest BCUT2D eigenvalue weighted by atomic mass is 16.4. The highest BCUT2D eigenvalue weighted by Gasteiger charge is 2.00. The van der Waals surface area contributed by atoms with Crippen molar-refractivity contribution in [2.75, 3.05) is 6.54 Å². The van der Waals surface area contributed by atoms with Crippen LogP contribution in [0.25, 0.3) is 0 Å². The van der Waals surface area contributed by atoms with Gasteiger partial charge in [0.25, 0.3) is 0 Å². The van der Waals surface area contributed by atoms with E-state index in [1.165, 1.54) is 0 Å². The molecule has 0 bridgehead atoms. The zero-order valence-corrected chi connectivity index (χ0v) is 7.55. The molecule has 1 atom stereocenters. The lowest BCUT2D eigenvalue weighted by atomic mass is 10.2. The summed E-state index contributed by atoms with van der Waals surface area (Å²) in [6, 6.07) is 0.377. The van der Waals surface area contributed by atoms with Crippen molar-refractivity contribution in [2.45, 2.75) is 32.2 Å². The number of rotatable bonds is 7. The van der Waals surface area contributed by atoms with E-state index in [1.54, 1.807) is 0 Å². The van der Waals surface area contributed by atoms with Crippen molar-refractivity contribution in [1.82, 2.24) is 5.32 Å². The molecule has 0 saturated carbocycles. The average Bonchev–Trinajstić information content (AvgIpc) is 2.00. The van der Waals surface area contributed by atoms with Crippen molar-refractivity contribution < 1.29 is 9.90 Å². The maximum absolute atomic E-state index is 10.1. The van der Waals surface area contributed by atoms with Crippen LogP contribution in [0.1, 0.15) is 26.2 Å². The maximum Gasteiger partial charge on any atom is 0.304 e. The van der Waals surface area contributed by atoms with E-state index in [4.69, 9.17) is 5.11 Å². The SMILES string of the molecule is C=CCCC(C)NCCC(=O)O. The van der Waals surface area contributed by atoms with Crippen LogP contribution in [0.4, 0.5) is 0 Å². The van der Waals surface area contributed by atoms with Crippen molar-refractivity contribution in [1.29, 1.82) is 0 Å². The second-order valence-corrected chi connectivity index (χ2v) is 2.86. The van der Waals surface area contributed by atoms with Gasteiger partial charge in [-0.2, -0.15) is 0 Å². The molecule has 0 aromatic rings. The van der Waals surface area contributed by atoms with E-state index >= 15 is 0 Å². The molecule has 1 unspecified atom stereocenters. The van der Waals surface area contributed by atoms with E-state index < -0.39 is 5.97 Å². The van der Waals surface area contributed by atoms with Crippen LogP contribution in [-0.4, -0.2) is 23.7 Å². The number of aliphatic carboxylic acids is 1. The Morgan fingerprint density at radius 1 is 1.75 bits per heavy atom. The summed E-state index contributed by atoms with van der Waals surface area (Å²) in [6.07, 6.45) is 4.05. The molecular weight excluding hydrogens is 154 g/mol. The van der Waals surface area contributed by atoms with Gasteiger partial charge in [0.2, 0.25) is 0 Å². The lowest BCUT2D eigenvalue weighted by Gasteiger charge is -2.10. The molecule has 0 aliphatic carbocycles. The van der Waals surface area contributed by atoms with Gasteiger partial charge in [-0.1, -0.05) is 6.08 Å². The monoisotopic (exact) mass is 171 g/mol. The predicted octanol–water partition coefficient (Wildman–Crippen LogP) is 1.41. The Bertz CT molecular complexity index is 145. The standard InChI is InChI=1S/C9H17NO2/c1-3-4-5-8(2)10-7-6-9(11)12/h3,8,10H,1,4-7H2,2H3,(H,11,12). The fourth-order valence-electron chi connectivity index (χ4n) is 0.895. The van der Waals surface area contributed by atoms with Crippen LogP contribution in [0.3, 0.4) is 0 Å². The van der Waals surface area contributed by atoms with Crippen molar-refractivity contribution in [3.05, 3.63) is 12.7 Å². The lowest BCUT2D eigenvalue weighted by Crippen LogP contribution is -2.28. The molecule has 0 aromatic heterocycles. The van der Waals surface area contributed by atoms with E-state index in [9.17, 15) is 4.79 Å². The van der Waals surface area contributed by atoms with Crippen LogP contribution in [0, 0.1) is 0 Å². The normalized spacial score (nSPS) is 12.4. The molecule has 0 fully saturated rings. The first-order valence-electron chi connectivity index (χ1n) is 4.23. The van der Waals surface area contributed by atoms with Gasteiger partial charge in [0.15, 0.2) is 0 Å². The number of carboxylic acid groups (broad SMARTS) is 1. The number of hydrogen-bond donors (Lipinski definition) is 2. The second kappa shape index (κ2) is 6.85. The van der Waals surface area contributed by atoms with E-state index in [1.807, 2.05) is 13.0 Å². The van der Waals surface area contributed by atoms with Gasteiger partial charge in [0.05, 0.1) is 6.42 Å². The largest absolute Gasteiger partial charge is 0.481 e. The summed E-state index contributed by atoms with van der Waals surface area (Å²) in [5.41, 5.74) is 0. The molecule has 0 radical (unpaired) electrons. The lowest BCUT2D eigenvalue weighted by molar-refractivity contribution is -0.136. The van der Waals surface area contributed by atoms with Crippen LogP contribution in [0.5, 0.6) is 0 Å². The summed E-state index contributed by atoms with van der Waals surface area (Å²) in [5.74, 6) is -0.751. The fourth-order valence-corrected chi connectivity index (χ4v) is 0.895. The third kappa shape index (κ3) is 7.28. The molecule has 0 aliphatic heterocycles. The molecule has 0 aromatic carbocycles. The third-order valence-corrected chi connectivity index (χ3v) is 1.64. The summed E-state index contributed by atoms with van der Waals surface area (Å²) >= 11 is 0. The van der Waals surface area contributed by atoms with Gasteiger partial charge in [-0.25, -0.2) is 0 Å². The zero-order chi connectivity index (χ0) is 9.40. The average molecular weight is 171 g/mol. The molecule has 0 rings (SSSR count). The van der Waals surface area contributed by atoms with Gasteiger partial charge in [0.1, 0.15) is 0 Å². The minimum absolute atomic E-state index is 0.193. The first-order chi connectivity index (χ1) is 5.66. The van der Waals surface area contributed by atoms with Crippen LogP contribution in [-0.2, 0) is 4.79 Å². The Balaban J connectivity index is 3.24. The van der Waals surface area contributed by atoms with Crippen LogP contribution < -0.4 is 5.32 Å². The van der Waals surface area contributed by atoms with E-state index in [2.05, 4.69) is 11.9 Å². The van der Waals surface area contributed by atoms with Crippen LogP contribution >= 0.6 is 0 Å². The molecule has 3 heteroatoms. The third-order valence-electron chi connectivity index (χ3n) is 1.64. The van der Waals surface area contributed by atoms with Crippen molar-refractivity contribution >= 4 is 5.97 Å². The van der Waals surface area contributed by atoms with Crippen molar-refractivity contribution in [3.8, 4) is 0 Å². The minimum Gasteiger partial charge on any atom is -0.481 e. The van der Waals surface area contributed by atoms with E-state index in [0.29, 0.717) is 12.6 Å². The quantitative estimate of drug-likeness (QED) is 0.569. The van der Waals surface area contributed by atoms with Gasteiger partial charge in [0, 0.05) is 12.6 Å². The van der Waals surface area contributed by atoms with E-state index in [-0.39, 0.29) is 6.42 Å². The van der Waals surface area contributed by atoms with Gasteiger partial charge in [-0.3, -0.25) is 4.79 Å². The molecule has 2 N–H and O–H groups in total. The number of allylic oxidation sites excluding steroid dienone is 1. The predicted molar refractivity (Wildman–Crippen MR) is 49.1 cm³/mol. The Morgan fingerprint density at radius 2 is 2.42 bits per heavy atom. The highest BCUT2D eigenvalue weighted by molar-refractivity contribution is 5.66. The molecule has 0 heterocycles. The summed E-state index contributed by atoms with van der Waals surface area (Å²) < 4.78 is 0. The Morgan fingerprint density at radius 3 is 2.92 bits per heavy atom. The minimum atomic E-state index is -0.751. The van der Waals surface area contributed by atoms with Crippen molar-refractivity contribution in [3.63, 3.8) is 0 Å².